The van der Waals surface area contributed by atoms with Crippen molar-refractivity contribution < 1.29 is 18.3 Å². The molecule has 1 saturated heterocycles. The Kier molecular flexibility index (Phi) is 9.32. The average molecular weight is 632 g/mol. The third kappa shape index (κ3) is 6.46. The zero-order valence-corrected chi connectivity index (χ0v) is 27.6. The summed E-state index contributed by atoms with van der Waals surface area (Å²) >= 11 is 0. The molecule has 1 aromatic heterocycles. The van der Waals surface area contributed by atoms with Gasteiger partial charge in [0.1, 0.15) is 18.0 Å². The van der Waals surface area contributed by atoms with Crippen molar-refractivity contribution in [2.24, 2.45) is 0 Å². The van der Waals surface area contributed by atoms with Gasteiger partial charge in [-0.2, -0.15) is 0 Å². The van der Waals surface area contributed by atoms with Crippen molar-refractivity contribution in [3.05, 3.63) is 135 Å². The molecular formula is C35H42FN3O5Si. The summed E-state index contributed by atoms with van der Waals surface area (Å²) in [5.41, 5.74) is 0.741. The molecule has 5 rings (SSSR count). The lowest BCUT2D eigenvalue weighted by molar-refractivity contribution is -0.0267. The van der Waals surface area contributed by atoms with Crippen molar-refractivity contribution >= 4 is 8.32 Å². The van der Waals surface area contributed by atoms with E-state index >= 15 is 4.39 Å². The van der Waals surface area contributed by atoms with E-state index in [4.69, 9.17) is 13.9 Å². The van der Waals surface area contributed by atoms with Gasteiger partial charge in [-0.3, -0.25) is 19.7 Å². The summed E-state index contributed by atoms with van der Waals surface area (Å²) < 4.78 is 36.2. The summed E-state index contributed by atoms with van der Waals surface area (Å²) in [4.78, 5) is 26.8. The highest BCUT2D eigenvalue weighted by atomic mass is 28.4. The van der Waals surface area contributed by atoms with Gasteiger partial charge in [0, 0.05) is 18.8 Å². The largest absolute Gasteiger partial charge is 0.497 e. The number of benzene rings is 3. The zero-order chi connectivity index (χ0) is 32.4. The van der Waals surface area contributed by atoms with Crippen molar-refractivity contribution in [2.45, 2.75) is 69.0 Å². The maximum absolute atomic E-state index is 16.5. The summed E-state index contributed by atoms with van der Waals surface area (Å²) in [6.07, 6.45) is -3.42. The van der Waals surface area contributed by atoms with Crippen LogP contribution in [0.1, 0.15) is 43.7 Å². The monoisotopic (exact) mass is 631 g/mol. The molecule has 1 aliphatic heterocycles. The van der Waals surface area contributed by atoms with Crippen LogP contribution in [0.4, 0.5) is 4.39 Å². The third-order valence-electron chi connectivity index (χ3n) is 9.13. The van der Waals surface area contributed by atoms with Crippen molar-refractivity contribution in [3.8, 4) is 5.75 Å². The zero-order valence-electron chi connectivity index (χ0n) is 26.6. The number of ether oxygens (including phenoxy) is 2. The molecule has 238 valence electrons. The molecule has 4 aromatic rings. The van der Waals surface area contributed by atoms with Gasteiger partial charge in [0.05, 0.1) is 12.6 Å². The first kappa shape index (κ1) is 32.6. The van der Waals surface area contributed by atoms with Crippen LogP contribution in [-0.4, -0.2) is 49.9 Å². The minimum atomic E-state index is -2.49. The number of aromatic amines is 1. The van der Waals surface area contributed by atoms with Crippen LogP contribution in [0.5, 0.6) is 5.75 Å². The maximum Gasteiger partial charge on any atom is 0.330 e. The van der Waals surface area contributed by atoms with Gasteiger partial charge < -0.3 is 13.9 Å². The van der Waals surface area contributed by atoms with Crippen molar-refractivity contribution in [1.82, 2.24) is 14.9 Å². The predicted octanol–water partition coefficient (Wildman–Crippen LogP) is 5.75. The Bertz CT molecular complexity index is 1650. The lowest BCUT2D eigenvalue weighted by atomic mass is 9.77. The predicted molar refractivity (Wildman–Crippen MR) is 176 cm³/mol. The molecule has 0 radical (unpaired) electrons. The van der Waals surface area contributed by atoms with Crippen LogP contribution in [0.15, 0.2) is 107 Å². The number of halogens is 1. The number of nitrogens with one attached hydrogen (secondary N) is 2. The van der Waals surface area contributed by atoms with E-state index in [0.29, 0.717) is 0 Å². The standard InChI is InChI=1S/C35H42FN3O5Si/c1-34(2,3)45(5,6)44-31-28(43-32(30(31)36)39-22-21-29(40)38-33(39)41)23-37-35(24-13-9-7-10-14-24,25-15-11-8-12-16-25)26-17-19-27(42-4)20-18-26/h7-22,28,30-32,37H,23H2,1-6H3,(H,38,40,41)/t28-,30-,31-,32-/m1/s1. The molecular weight excluding hydrogens is 589 g/mol. The maximum atomic E-state index is 16.5. The Morgan fingerprint density at radius 2 is 1.44 bits per heavy atom. The van der Waals surface area contributed by atoms with E-state index in [1.54, 1.807) is 7.11 Å². The second kappa shape index (κ2) is 12.9. The van der Waals surface area contributed by atoms with Gasteiger partial charge in [0.15, 0.2) is 20.7 Å². The van der Waals surface area contributed by atoms with Gasteiger partial charge in [-0.15, -0.1) is 0 Å². The highest BCUT2D eigenvalue weighted by Gasteiger charge is 2.52. The fourth-order valence-electron chi connectivity index (χ4n) is 5.64. The van der Waals surface area contributed by atoms with Crippen LogP contribution in [0.3, 0.4) is 0 Å². The number of nitrogens with zero attached hydrogens (tertiary/aromatic N) is 1. The van der Waals surface area contributed by atoms with E-state index in [-0.39, 0.29) is 11.6 Å². The summed E-state index contributed by atoms with van der Waals surface area (Å²) in [6, 6.07) is 29.2. The topological polar surface area (TPSA) is 94.6 Å². The van der Waals surface area contributed by atoms with Crippen LogP contribution in [0, 0.1) is 0 Å². The smallest absolute Gasteiger partial charge is 0.330 e. The summed E-state index contributed by atoms with van der Waals surface area (Å²) in [6.45, 7) is 10.6. The molecule has 2 N–H and O–H groups in total. The molecule has 3 aromatic carbocycles. The van der Waals surface area contributed by atoms with Crippen LogP contribution in [-0.2, 0) is 14.7 Å². The fraction of sp³-hybridized carbons (Fsp3) is 0.371. The molecule has 0 saturated carbocycles. The Morgan fingerprint density at radius 3 is 1.96 bits per heavy atom. The lowest BCUT2D eigenvalue weighted by Crippen LogP contribution is -2.53. The van der Waals surface area contributed by atoms with Gasteiger partial charge in [0.25, 0.3) is 5.56 Å². The molecule has 4 atom stereocenters. The van der Waals surface area contributed by atoms with E-state index in [9.17, 15) is 9.59 Å². The molecule has 0 amide bonds. The summed E-state index contributed by atoms with van der Waals surface area (Å²) in [7, 11) is -0.859. The second-order valence-electron chi connectivity index (χ2n) is 13.0. The molecule has 0 unspecified atom stereocenters. The van der Waals surface area contributed by atoms with Crippen LogP contribution in [0.25, 0.3) is 0 Å². The first-order valence-electron chi connectivity index (χ1n) is 15.2. The van der Waals surface area contributed by atoms with Crippen LogP contribution >= 0.6 is 0 Å². The molecule has 0 bridgehead atoms. The van der Waals surface area contributed by atoms with Gasteiger partial charge in [0.2, 0.25) is 0 Å². The first-order valence-corrected chi connectivity index (χ1v) is 18.1. The van der Waals surface area contributed by atoms with Crippen LogP contribution in [0.2, 0.25) is 18.1 Å². The molecule has 45 heavy (non-hydrogen) atoms. The van der Waals surface area contributed by atoms with Crippen LogP contribution < -0.4 is 21.3 Å². The number of aromatic nitrogens is 2. The average Bonchev–Trinajstić information content (AvgIpc) is 3.32. The summed E-state index contributed by atoms with van der Waals surface area (Å²) in [5, 5.41) is 3.59. The molecule has 10 heteroatoms. The van der Waals surface area contributed by atoms with Gasteiger partial charge in [-0.25, -0.2) is 9.18 Å². The van der Waals surface area contributed by atoms with Crippen molar-refractivity contribution in [1.29, 1.82) is 0 Å². The lowest BCUT2D eigenvalue weighted by Gasteiger charge is -2.41. The van der Waals surface area contributed by atoms with E-state index < -0.39 is 49.7 Å². The minimum Gasteiger partial charge on any atom is -0.497 e. The Labute approximate surface area is 264 Å². The number of H-pyrrole nitrogens is 1. The molecule has 0 aliphatic carbocycles. The number of methoxy groups -OCH3 is 1. The molecule has 0 spiro atoms. The number of rotatable bonds is 10. The number of alkyl halides is 1. The van der Waals surface area contributed by atoms with E-state index in [2.05, 4.69) is 68.4 Å². The van der Waals surface area contributed by atoms with E-state index in [1.165, 1.54) is 12.3 Å². The second-order valence-corrected chi connectivity index (χ2v) is 17.7. The Balaban J connectivity index is 1.60. The normalized spacial score (nSPS) is 20.7. The third-order valence-corrected chi connectivity index (χ3v) is 13.6. The molecule has 8 nitrogen and oxygen atoms in total. The summed E-state index contributed by atoms with van der Waals surface area (Å²) in [5.74, 6) is 0.727. The molecule has 1 fully saturated rings. The fourth-order valence-corrected chi connectivity index (χ4v) is 6.96. The Hall–Kier alpha value is -3.83. The minimum absolute atomic E-state index is 0.185. The molecule has 1 aliphatic rings. The highest BCUT2D eigenvalue weighted by molar-refractivity contribution is 6.74. The molecule has 2 heterocycles. The Morgan fingerprint density at radius 1 is 0.889 bits per heavy atom. The number of hydrogen-bond acceptors (Lipinski definition) is 6. The SMILES string of the molecule is COc1ccc(C(NC[C@H]2O[C@@H](n3ccc(=O)[nH]c3=O)[C@H](F)[C@@H]2O[Si](C)(C)C(C)(C)C)(c2ccccc2)c2ccccc2)cc1. The van der Waals surface area contributed by atoms with Crippen molar-refractivity contribution in [2.75, 3.05) is 13.7 Å². The highest BCUT2D eigenvalue weighted by Crippen LogP contribution is 2.43. The number of hydrogen-bond donors (Lipinski definition) is 2. The first-order chi connectivity index (χ1) is 21.4. The van der Waals surface area contributed by atoms with E-state index in [0.717, 1.165) is 27.0 Å². The van der Waals surface area contributed by atoms with E-state index in [1.807, 2.05) is 60.7 Å². The van der Waals surface area contributed by atoms with Gasteiger partial charge in [-0.1, -0.05) is 93.6 Å². The quantitative estimate of drug-likeness (QED) is 0.171. The van der Waals surface area contributed by atoms with Gasteiger partial charge >= 0.3 is 5.69 Å². The van der Waals surface area contributed by atoms with Gasteiger partial charge in [-0.05, 0) is 47.0 Å². The van der Waals surface area contributed by atoms with Crippen molar-refractivity contribution in [3.63, 3.8) is 0 Å².